The van der Waals surface area contributed by atoms with Gasteiger partial charge in [0, 0.05) is 33.1 Å². The van der Waals surface area contributed by atoms with Gasteiger partial charge in [-0.2, -0.15) is 0 Å². The summed E-state index contributed by atoms with van der Waals surface area (Å²) in [7, 11) is 0. The summed E-state index contributed by atoms with van der Waals surface area (Å²) >= 11 is 2.83. The number of aliphatic imine (C=N–C) groups is 2. The molecule has 5 aromatic rings. The molecule has 0 aromatic heterocycles. The zero-order valence-electron chi connectivity index (χ0n) is 28.8. The molecule has 274 valence electrons. The molecular weight excluding hydrogens is 753 g/mol. The number of para-hydroxylation sites is 2. The van der Waals surface area contributed by atoms with Crippen molar-refractivity contribution in [2.75, 3.05) is 10.6 Å². The first-order valence-corrected chi connectivity index (χ1v) is 18.9. The Bertz CT molecular complexity index is 2420. The maximum Gasteiger partial charge on any atom is 0.280 e. The topological polar surface area (TPSA) is 176 Å². The second-order valence-electron chi connectivity index (χ2n) is 12.7. The number of thioether (sulfide) groups is 2. The van der Waals surface area contributed by atoms with Crippen molar-refractivity contribution in [1.82, 2.24) is 9.80 Å². The van der Waals surface area contributed by atoms with Crippen LogP contribution >= 0.6 is 23.5 Å². The van der Waals surface area contributed by atoms with Gasteiger partial charge in [0.05, 0.1) is 32.3 Å². The minimum atomic E-state index is -0.594. The fourth-order valence-corrected chi connectivity index (χ4v) is 9.02. The molecule has 5 aromatic carbocycles. The summed E-state index contributed by atoms with van der Waals surface area (Å²) < 4.78 is 0. The Hall–Kier alpha value is -7.04. The van der Waals surface area contributed by atoms with Crippen molar-refractivity contribution < 1.29 is 19.4 Å². The number of nitro groups is 2. The number of carbonyl (C=O) groups is 2. The number of nitro benzene ring substituents is 2. The molecule has 56 heavy (non-hydrogen) atoms. The molecule has 4 aliphatic heterocycles. The number of rotatable bonds is 8. The Morgan fingerprint density at radius 2 is 0.946 bits per heavy atom. The van der Waals surface area contributed by atoms with Gasteiger partial charge in [0.1, 0.15) is 23.1 Å². The first-order valence-electron chi connectivity index (χ1n) is 17.1. The number of fused-ring (bicyclic) bond motifs is 2. The molecule has 2 amide bonds. The molecule has 0 spiro atoms. The van der Waals surface area contributed by atoms with Crippen LogP contribution in [0.2, 0.25) is 0 Å². The highest BCUT2D eigenvalue weighted by atomic mass is 32.2. The van der Waals surface area contributed by atoms with Gasteiger partial charge in [0.15, 0.2) is 11.0 Å². The normalized spacial score (nSPS) is 19.8. The Kier molecular flexibility index (Phi) is 8.67. The van der Waals surface area contributed by atoms with E-state index in [0.29, 0.717) is 22.8 Å². The van der Waals surface area contributed by atoms with E-state index in [1.807, 2.05) is 72.8 Å². The van der Waals surface area contributed by atoms with Gasteiger partial charge in [-0.3, -0.25) is 39.6 Å². The number of amidine groups is 2. The highest BCUT2D eigenvalue weighted by Gasteiger charge is 2.43. The minimum absolute atomic E-state index is 0.0699. The number of anilines is 2. The SMILES string of the molecule is O=C1C(=Cc2ccccc2[N+](=O)[O-])N=C(c2ccccc2)N1C1Nc2cc3c(cc2S1)NC(N1C(=O)C(=Cc2ccccc2[N+](=O)[O-])N=C1c1ccccc1)S3. The van der Waals surface area contributed by atoms with E-state index in [9.17, 15) is 29.8 Å². The van der Waals surface area contributed by atoms with Crippen molar-refractivity contribution in [2.24, 2.45) is 9.98 Å². The highest BCUT2D eigenvalue weighted by Crippen LogP contribution is 2.50. The first-order chi connectivity index (χ1) is 27.2. The lowest BCUT2D eigenvalue weighted by Crippen LogP contribution is -2.42. The monoisotopic (exact) mass is 778 g/mol. The Morgan fingerprint density at radius 3 is 1.34 bits per heavy atom. The third-order valence-electron chi connectivity index (χ3n) is 9.29. The van der Waals surface area contributed by atoms with Gasteiger partial charge in [0.2, 0.25) is 0 Å². The molecule has 9 rings (SSSR count). The van der Waals surface area contributed by atoms with E-state index in [2.05, 4.69) is 10.6 Å². The molecule has 0 saturated carbocycles. The van der Waals surface area contributed by atoms with Gasteiger partial charge in [0.25, 0.3) is 23.2 Å². The lowest BCUT2D eigenvalue weighted by atomic mass is 10.1. The van der Waals surface area contributed by atoms with E-state index < -0.39 is 32.7 Å². The van der Waals surface area contributed by atoms with Crippen molar-refractivity contribution in [3.8, 4) is 0 Å². The number of carbonyl (C=O) groups excluding carboxylic acids is 2. The Balaban J connectivity index is 0.997. The van der Waals surface area contributed by atoms with E-state index in [4.69, 9.17) is 9.98 Å². The number of amides is 2. The van der Waals surface area contributed by atoms with E-state index in [-0.39, 0.29) is 33.9 Å². The Labute approximate surface area is 326 Å². The molecule has 0 bridgehead atoms. The van der Waals surface area contributed by atoms with Crippen LogP contribution in [0.4, 0.5) is 22.7 Å². The van der Waals surface area contributed by atoms with Crippen LogP contribution in [-0.4, -0.2) is 54.1 Å². The lowest BCUT2D eigenvalue weighted by molar-refractivity contribution is -0.385. The summed E-state index contributed by atoms with van der Waals surface area (Å²) in [6.07, 6.45) is 2.89. The standard InChI is InChI=1S/C40H26N8O6S2/c49-37-29(19-25-15-7-9-17-31(25)47(51)52)41-35(23-11-3-1-4-12-23)45(37)39-43-27-21-34-28(22-33(27)55-39)44-40(56-34)46-36(24-13-5-2-6-14-24)42-30(38(46)50)20-26-16-8-10-18-32(26)48(53)54/h1-22,39-40,43-44H. The van der Waals surface area contributed by atoms with Crippen LogP contribution in [-0.2, 0) is 9.59 Å². The summed E-state index contributed by atoms with van der Waals surface area (Å²) in [5.74, 6) is -0.0126. The lowest BCUT2D eigenvalue weighted by Gasteiger charge is -2.25. The second kappa shape index (κ2) is 14.0. The van der Waals surface area contributed by atoms with Crippen LogP contribution < -0.4 is 10.6 Å². The third-order valence-corrected chi connectivity index (χ3v) is 11.6. The van der Waals surface area contributed by atoms with Crippen LogP contribution in [0.25, 0.3) is 12.2 Å². The molecule has 0 saturated heterocycles. The van der Waals surface area contributed by atoms with Gasteiger partial charge >= 0.3 is 0 Å². The van der Waals surface area contributed by atoms with E-state index in [1.54, 1.807) is 46.2 Å². The summed E-state index contributed by atoms with van der Waals surface area (Å²) in [6.45, 7) is 0. The fraction of sp³-hybridized carbons (Fsp3) is 0.0500. The van der Waals surface area contributed by atoms with Gasteiger partial charge in [-0.1, -0.05) is 108 Å². The summed E-state index contributed by atoms with van der Waals surface area (Å²) in [6, 6.07) is 34.8. The van der Waals surface area contributed by atoms with Crippen LogP contribution in [0.15, 0.2) is 152 Å². The van der Waals surface area contributed by atoms with Crippen LogP contribution in [0.3, 0.4) is 0 Å². The van der Waals surface area contributed by atoms with Gasteiger partial charge in [-0.15, -0.1) is 0 Å². The number of hydrogen-bond donors (Lipinski definition) is 2. The number of nitrogens with zero attached hydrogens (tertiary/aromatic N) is 6. The van der Waals surface area contributed by atoms with Crippen molar-refractivity contribution in [3.63, 3.8) is 0 Å². The average molecular weight is 779 g/mol. The predicted molar refractivity (Wildman–Crippen MR) is 215 cm³/mol. The summed E-state index contributed by atoms with van der Waals surface area (Å²) in [5, 5.41) is 30.4. The second-order valence-corrected chi connectivity index (χ2v) is 15.0. The van der Waals surface area contributed by atoms with Gasteiger partial charge in [-0.05, 0) is 36.4 Å². The molecular formula is C40H26N8O6S2. The van der Waals surface area contributed by atoms with Crippen LogP contribution in [0.5, 0.6) is 0 Å². The van der Waals surface area contributed by atoms with Gasteiger partial charge < -0.3 is 10.6 Å². The molecule has 2 atom stereocenters. The van der Waals surface area contributed by atoms with Crippen LogP contribution in [0, 0.1) is 20.2 Å². The molecule has 16 heteroatoms. The molecule has 0 aliphatic carbocycles. The van der Waals surface area contributed by atoms with Crippen molar-refractivity contribution in [2.45, 2.75) is 20.8 Å². The average Bonchev–Trinajstić information content (AvgIpc) is 3.97. The predicted octanol–water partition coefficient (Wildman–Crippen LogP) is 7.77. The van der Waals surface area contributed by atoms with E-state index in [0.717, 1.165) is 21.2 Å². The number of hydrogen-bond acceptors (Lipinski definition) is 12. The van der Waals surface area contributed by atoms with Crippen molar-refractivity contribution in [3.05, 3.63) is 175 Å². The minimum Gasteiger partial charge on any atom is -0.355 e. The van der Waals surface area contributed by atoms with E-state index >= 15 is 0 Å². The Morgan fingerprint density at radius 1 is 0.571 bits per heavy atom. The highest BCUT2D eigenvalue weighted by molar-refractivity contribution is 8.01. The van der Waals surface area contributed by atoms with Crippen molar-refractivity contribution >= 4 is 81.9 Å². The summed E-state index contributed by atoms with van der Waals surface area (Å²) in [5.41, 5.74) is 2.17. The molecule has 2 N–H and O–H groups in total. The maximum atomic E-state index is 14.1. The maximum absolute atomic E-state index is 14.1. The molecule has 0 radical (unpaired) electrons. The molecule has 14 nitrogen and oxygen atoms in total. The van der Waals surface area contributed by atoms with Crippen LogP contribution in [0.1, 0.15) is 22.3 Å². The first kappa shape index (κ1) is 34.7. The number of benzene rings is 5. The largest absolute Gasteiger partial charge is 0.355 e. The zero-order valence-corrected chi connectivity index (χ0v) is 30.4. The van der Waals surface area contributed by atoms with Gasteiger partial charge in [-0.25, -0.2) is 9.98 Å². The van der Waals surface area contributed by atoms with Crippen molar-refractivity contribution in [1.29, 1.82) is 0 Å². The fourth-order valence-electron chi connectivity index (χ4n) is 6.70. The third kappa shape index (κ3) is 6.15. The molecule has 2 unspecified atom stereocenters. The quantitative estimate of drug-likeness (QED) is 0.0900. The summed E-state index contributed by atoms with van der Waals surface area (Å²) in [4.78, 5) is 64.9. The smallest absolute Gasteiger partial charge is 0.280 e. The zero-order chi connectivity index (χ0) is 38.5. The number of nitrogens with one attached hydrogen (secondary N) is 2. The van der Waals surface area contributed by atoms with E-state index in [1.165, 1.54) is 47.8 Å². The molecule has 4 heterocycles. The molecule has 4 aliphatic rings. The molecule has 0 fully saturated rings.